The van der Waals surface area contributed by atoms with E-state index in [-0.39, 0.29) is 11.9 Å². The maximum absolute atomic E-state index is 13.2. The van der Waals surface area contributed by atoms with Crippen molar-refractivity contribution in [2.45, 2.75) is 36.6 Å². The zero-order valence-electron chi connectivity index (χ0n) is 11.8. The molecule has 2 atom stereocenters. The number of hydrogen-bond acceptors (Lipinski definition) is 1. The van der Waals surface area contributed by atoms with Gasteiger partial charge in [0.15, 0.2) is 0 Å². The van der Waals surface area contributed by atoms with Crippen molar-refractivity contribution in [2.24, 2.45) is 0 Å². The van der Waals surface area contributed by atoms with Crippen molar-refractivity contribution < 1.29 is 9.13 Å². The minimum atomic E-state index is -0.178. The molecule has 0 saturated carbocycles. The molecule has 0 spiro atoms. The number of rotatable bonds is 5. The third kappa shape index (κ3) is 3.65. The van der Waals surface area contributed by atoms with Crippen molar-refractivity contribution in [3.8, 4) is 5.75 Å². The highest BCUT2D eigenvalue weighted by Crippen LogP contribution is 2.33. The van der Waals surface area contributed by atoms with Gasteiger partial charge in [-0.1, -0.05) is 46.3 Å². The monoisotopic (exact) mass is 348 g/mol. The molecule has 0 bridgehead atoms. The van der Waals surface area contributed by atoms with Crippen LogP contribution in [-0.4, -0.2) is 6.10 Å². The molecule has 3 heteroatoms. The molecule has 110 valence electrons. The highest BCUT2D eigenvalue weighted by atomic mass is 79.9. The zero-order chi connectivity index (χ0) is 14.7. The molecule has 2 aromatic rings. The Labute approximate surface area is 133 Å². The quantitative estimate of drug-likeness (QED) is 0.654. The summed E-state index contributed by atoms with van der Waals surface area (Å²) in [7, 11) is 0. The summed E-state index contributed by atoms with van der Waals surface area (Å²) < 4.78 is 19.0. The Hall–Kier alpha value is -1.35. The molecule has 0 radical (unpaired) electrons. The standard InChI is InChI=1S/C18H18BrFO/c19-17(13-5-2-1-3-6-13)8-4-7-16-12-14-11-15(20)9-10-18(14)21-16/h1-3,5-6,9-11,16-17H,4,7-8,12H2. The molecule has 1 aliphatic heterocycles. The summed E-state index contributed by atoms with van der Waals surface area (Å²) in [5, 5.41) is 0. The topological polar surface area (TPSA) is 9.23 Å². The van der Waals surface area contributed by atoms with E-state index in [1.54, 1.807) is 12.1 Å². The smallest absolute Gasteiger partial charge is 0.123 e. The lowest BCUT2D eigenvalue weighted by molar-refractivity contribution is 0.217. The Bertz CT molecular complexity index is 599. The van der Waals surface area contributed by atoms with Crippen molar-refractivity contribution in [3.05, 3.63) is 65.5 Å². The van der Waals surface area contributed by atoms with Gasteiger partial charge in [-0.2, -0.15) is 0 Å². The molecule has 0 aromatic heterocycles. The molecule has 3 rings (SSSR count). The first-order valence-corrected chi connectivity index (χ1v) is 8.28. The fourth-order valence-electron chi connectivity index (χ4n) is 2.80. The summed E-state index contributed by atoms with van der Waals surface area (Å²) in [6.45, 7) is 0. The van der Waals surface area contributed by atoms with E-state index < -0.39 is 0 Å². The summed E-state index contributed by atoms with van der Waals surface area (Å²) in [6, 6.07) is 15.2. The second kappa shape index (κ2) is 6.61. The fraction of sp³-hybridized carbons (Fsp3) is 0.333. The Morgan fingerprint density at radius 3 is 2.81 bits per heavy atom. The molecule has 0 aliphatic carbocycles. The Morgan fingerprint density at radius 2 is 2.00 bits per heavy atom. The molecule has 1 aliphatic rings. The minimum Gasteiger partial charge on any atom is -0.490 e. The molecule has 1 nitrogen and oxygen atoms in total. The van der Waals surface area contributed by atoms with Crippen molar-refractivity contribution >= 4 is 15.9 Å². The molecule has 2 unspecified atom stereocenters. The number of alkyl halides is 1. The van der Waals surface area contributed by atoms with Crippen LogP contribution in [0.2, 0.25) is 0 Å². The Kier molecular flexibility index (Phi) is 4.59. The SMILES string of the molecule is Fc1ccc2c(c1)CC(CCCC(Br)c1ccccc1)O2. The lowest BCUT2D eigenvalue weighted by Crippen LogP contribution is -2.12. The van der Waals surface area contributed by atoms with E-state index in [9.17, 15) is 4.39 Å². The van der Waals surface area contributed by atoms with E-state index in [4.69, 9.17) is 4.74 Å². The van der Waals surface area contributed by atoms with Gasteiger partial charge in [-0.15, -0.1) is 0 Å². The minimum absolute atomic E-state index is 0.178. The van der Waals surface area contributed by atoms with E-state index in [0.717, 1.165) is 37.0 Å². The largest absolute Gasteiger partial charge is 0.490 e. The molecule has 0 saturated heterocycles. The van der Waals surface area contributed by atoms with Crippen LogP contribution in [0.25, 0.3) is 0 Å². The fourth-order valence-corrected chi connectivity index (χ4v) is 3.43. The van der Waals surface area contributed by atoms with Crippen LogP contribution < -0.4 is 4.74 Å². The third-order valence-corrected chi connectivity index (χ3v) is 4.90. The van der Waals surface area contributed by atoms with E-state index in [1.165, 1.54) is 11.6 Å². The number of ether oxygens (including phenoxy) is 1. The summed E-state index contributed by atoms with van der Waals surface area (Å²) in [4.78, 5) is 0.389. The number of halogens is 2. The molecular weight excluding hydrogens is 331 g/mol. The predicted octanol–water partition coefficient (Wildman–Crippen LogP) is 5.44. The van der Waals surface area contributed by atoms with Gasteiger partial charge >= 0.3 is 0 Å². The van der Waals surface area contributed by atoms with Crippen LogP contribution in [0, 0.1) is 5.82 Å². The van der Waals surface area contributed by atoms with E-state index in [0.29, 0.717) is 4.83 Å². The molecule has 0 fully saturated rings. The van der Waals surface area contributed by atoms with Gasteiger partial charge in [0.05, 0.1) is 0 Å². The number of benzene rings is 2. The van der Waals surface area contributed by atoms with Crippen molar-refractivity contribution in [1.29, 1.82) is 0 Å². The van der Waals surface area contributed by atoms with E-state index in [1.807, 2.05) is 6.07 Å². The van der Waals surface area contributed by atoms with Crippen molar-refractivity contribution in [3.63, 3.8) is 0 Å². The molecule has 0 amide bonds. The van der Waals surface area contributed by atoms with Gasteiger partial charge in [-0.05, 0) is 43.0 Å². The Balaban J connectivity index is 1.47. The van der Waals surface area contributed by atoms with Crippen LogP contribution in [0.15, 0.2) is 48.5 Å². The van der Waals surface area contributed by atoms with Crippen LogP contribution in [0.5, 0.6) is 5.75 Å². The maximum Gasteiger partial charge on any atom is 0.123 e. The van der Waals surface area contributed by atoms with Gasteiger partial charge in [-0.25, -0.2) is 4.39 Å². The third-order valence-electron chi connectivity index (χ3n) is 3.91. The van der Waals surface area contributed by atoms with Gasteiger partial charge in [0, 0.05) is 16.8 Å². The number of fused-ring (bicyclic) bond motifs is 1. The van der Waals surface area contributed by atoms with Crippen molar-refractivity contribution in [1.82, 2.24) is 0 Å². The molecule has 2 aromatic carbocycles. The summed E-state index contributed by atoms with van der Waals surface area (Å²) in [5.41, 5.74) is 2.31. The van der Waals surface area contributed by atoms with E-state index in [2.05, 4.69) is 40.2 Å². The average molecular weight is 349 g/mol. The van der Waals surface area contributed by atoms with Crippen LogP contribution in [0.1, 0.15) is 35.2 Å². The number of hydrogen-bond donors (Lipinski definition) is 0. The second-order valence-corrected chi connectivity index (χ2v) is 6.61. The molecule has 0 N–H and O–H groups in total. The summed E-state index contributed by atoms with van der Waals surface area (Å²) in [6.07, 6.45) is 4.19. The first-order valence-electron chi connectivity index (χ1n) is 7.36. The predicted molar refractivity (Wildman–Crippen MR) is 86.5 cm³/mol. The average Bonchev–Trinajstić information content (AvgIpc) is 2.89. The van der Waals surface area contributed by atoms with Gasteiger partial charge in [-0.3, -0.25) is 0 Å². The normalized spacial score (nSPS) is 18.1. The molecule has 21 heavy (non-hydrogen) atoms. The lowest BCUT2D eigenvalue weighted by atomic mass is 10.0. The Morgan fingerprint density at radius 1 is 1.19 bits per heavy atom. The molecule has 1 heterocycles. The van der Waals surface area contributed by atoms with Gasteiger partial charge < -0.3 is 4.74 Å². The summed E-state index contributed by atoms with van der Waals surface area (Å²) in [5.74, 6) is 0.669. The van der Waals surface area contributed by atoms with E-state index >= 15 is 0 Å². The lowest BCUT2D eigenvalue weighted by Gasteiger charge is -2.13. The first kappa shape index (κ1) is 14.6. The zero-order valence-corrected chi connectivity index (χ0v) is 13.4. The van der Waals surface area contributed by atoms with Gasteiger partial charge in [0.25, 0.3) is 0 Å². The van der Waals surface area contributed by atoms with Crippen molar-refractivity contribution in [2.75, 3.05) is 0 Å². The molecular formula is C18H18BrFO. The maximum atomic E-state index is 13.2. The van der Waals surface area contributed by atoms with Gasteiger partial charge in [0.2, 0.25) is 0 Å². The highest BCUT2D eigenvalue weighted by Gasteiger charge is 2.23. The van der Waals surface area contributed by atoms with Crippen LogP contribution >= 0.6 is 15.9 Å². The summed E-state index contributed by atoms with van der Waals surface area (Å²) >= 11 is 3.74. The second-order valence-electron chi connectivity index (χ2n) is 5.51. The highest BCUT2D eigenvalue weighted by molar-refractivity contribution is 9.09. The van der Waals surface area contributed by atoms with Crippen LogP contribution in [-0.2, 0) is 6.42 Å². The van der Waals surface area contributed by atoms with Crippen LogP contribution in [0.4, 0.5) is 4.39 Å². The first-order chi connectivity index (χ1) is 10.2. The van der Waals surface area contributed by atoms with Gasteiger partial charge in [0.1, 0.15) is 17.7 Å². The van der Waals surface area contributed by atoms with Crippen LogP contribution in [0.3, 0.4) is 0 Å².